The lowest BCUT2D eigenvalue weighted by atomic mass is 9.93. The van der Waals surface area contributed by atoms with Crippen molar-refractivity contribution in [3.8, 4) is 11.1 Å². The van der Waals surface area contributed by atoms with Crippen LogP contribution in [-0.2, 0) is 6.54 Å². The van der Waals surface area contributed by atoms with Crippen molar-refractivity contribution in [2.24, 2.45) is 0 Å². The highest BCUT2D eigenvalue weighted by atomic mass is 35.5. The highest BCUT2D eigenvalue weighted by Gasteiger charge is 2.21. The molecule has 1 aliphatic rings. The molecule has 34 heavy (non-hydrogen) atoms. The molecule has 6 nitrogen and oxygen atoms in total. The van der Waals surface area contributed by atoms with Gasteiger partial charge < -0.3 is 10.4 Å². The number of hydrogen-bond donors (Lipinski definition) is 2. The van der Waals surface area contributed by atoms with Crippen LogP contribution in [0.3, 0.4) is 0 Å². The maximum absolute atomic E-state index is 13.7. The number of anilines is 1. The van der Waals surface area contributed by atoms with Crippen molar-refractivity contribution in [3.63, 3.8) is 0 Å². The summed E-state index contributed by atoms with van der Waals surface area (Å²) in [4.78, 5) is 22.9. The Hall–Kier alpha value is -2.93. The number of nitrogens with one attached hydrogen (secondary N) is 1. The topological polar surface area (TPSA) is 80.0 Å². The largest absolute Gasteiger partial charge is 0.393 e. The molecule has 176 valence electrons. The Bertz CT molecular complexity index is 1340. The molecule has 0 spiro atoms. The highest BCUT2D eigenvalue weighted by Crippen LogP contribution is 2.28. The third kappa shape index (κ3) is 5.09. The van der Waals surface area contributed by atoms with E-state index in [0.717, 1.165) is 36.6 Å². The molecule has 8 heteroatoms. The molecule has 5 rings (SSSR count). The number of hydrogen-bond acceptors (Lipinski definition) is 5. The van der Waals surface area contributed by atoms with Crippen LogP contribution in [0.25, 0.3) is 22.2 Å². The van der Waals surface area contributed by atoms with E-state index >= 15 is 0 Å². The normalized spacial score (nSPS) is 17.8. The number of halogens is 2. The van der Waals surface area contributed by atoms with Crippen LogP contribution >= 0.6 is 24.0 Å². The molecule has 2 N–H and O–H groups in total. The number of benzene rings is 2. The van der Waals surface area contributed by atoms with Crippen molar-refractivity contribution in [1.29, 1.82) is 0 Å². The number of aliphatic hydroxyl groups is 1. The summed E-state index contributed by atoms with van der Waals surface area (Å²) in [5.41, 5.74) is 2.65. The fourth-order valence-corrected chi connectivity index (χ4v) is 4.65. The zero-order valence-corrected chi connectivity index (χ0v) is 20.1. The van der Waals surface area contributed by atoms with Gasteiger partial charge in [-0.05, 0) is 43.4 Å². The monoisotopic (exact) mass is 496 g/mol. The summed E-state index contributed by atoms with van der Waals surface area (Å²) >= 11 is 6.43. The summed E-state index contributed by atoms with van der Waals surface area (Å²) < 4.78 is 1.70. The average molecular weight is 497 g/mol. The first-order valence-electron chi connectivity index (χ1n) is 11.2. The summed E-state index contributed by atoms with van der Waals surface area (Å²) in [6, 6.07) is 19.2. The smallest absolute Gasteiger partial charge is 0.260 e. The molecule has 0 bridgehead atoms. The van der Waals surface area contributed by atoms with Gasteiger partial charge in [-0.15, -0.1) is 12.4 Å². The minimum absolute atomic E-state index is 0. The van der Waals surface area contributed by atoms with Crippen LogP contribution in [0.4, 0.5) is 5.95 Å². The van der Waals surface area contributed by atoms with E-state index in [-0.39, 0.29) is 30.1 Å². The standard InChI is InChI=1S/C26H25ClN4O2.ClH/c27-23-9-5-4-8-21(23)22-14-18-15-28-26(29-19-10-12-20(32)13-11-19)30-24(18)31(25(22)33)16-17-6-2-1-3-7-17;/h1-9,14-15,19-20,32H,10-13,16H2,(H,28,29,30);1H. The third-order valence-electron chi connectivity index (χ3n) is 6.20. The molecule has 0 atom stereocenters. The predicted molar refractivity (Wildman–Crippen MR) is 139 cm³/mol. The molecule has 0 radical (unpaired) electrons. The van der Waals surface area contributed by atoms with Gasteiger partial charge in [0.25, 0.3) is 5.56 Å². The van der Waals surface area contributed by atoms with Crippen molar-refractivity contribution in [3.05, 3.63) is 87.8 Å². The minimum Gasteiger partial charge on any atom is -0.393 e. The van der Waals surface area contributed by atoms with E-state index in [0.29, 0.717) is 34.3 Å². The number of aliphatic hydroxyl groups excluding tert-OH is 1. The molecule has 4 aromatic rings. The molecular formula is C26H26Cl2N4O2. The van der Waals surface area contributed by atoms with E-state index in [1.54, 1.807) is 16.8 Å². The fraction of sp³-hybridized carbons (Fsp3) is 0.269. The lowest BCUT2D eigenvalue weighted by Crippen LogP contribution is -2.29. The fourth-order valence-electron chi connectivity index (χ4n) is 4.42. The van der Waals surface area contributed by atoms with Crippen molar-refractivity contribution in [2.45, 2.75) is 44.4 Å². The van der Waals surface area contributed by atoms with Crippen molar-refractivity contribution in [1.82, 2.24) is 14.5 Å². The SMILES string of the molecule is Cl.O=c1c(-c2ccccc2Cl)cc2cnc(NC3CCC(O)CC3)nc2n1Cc1ccccc1. The second-order valence-electron chi connectivity index (χ2n) is 8.54. The second-order valence-corrected chi connectivity index (χ2v) is 8.94. The van der Waals surface area contributed by atoms with Gasteiger partial charge in [0.1, 0.15) is 5.65 Å². The van der Waals surface area contributed by atoms with E-state index in [9.17, 15) is 9.90 Å². The summed E-state index contributed by atoms with van der Waals surface area (Å²) in [7, 11) is 0. The van der Waals surface area contributed by atoms with Gasteiger partial charge in [-0.3, -0.25) is 9.36 Å². The Labute approximate surface area is 209 Å². The quantitative estimate of drug-likeness (QED) is 0.391. The lowest BCUT2D eigenvalue weighted by molar-refractivity contribution is 0.126. The number of pyridine rings is 1. The molecule has 0 aliphatic heterocycles. The Kier molecular flexibility index (Phi) is 7.51. The van der Waals surface area contributed by atoms with Crippen molar-refractivity contribution >= 4 is 41.0 Å². The van der Waals surface area contributed by atoms with Gasteiger partial charge in [-0.2, -0.15) is 4.98 Å². The van der Waals surface area contributed by atoms with Gasteiger partial charge in [0, 0.05) is 33.8 Å². The molecule has 0 amide bonds. The summed E-state index contributed by atoms with van der Waals surface area (Å²) in [5.74, 6) is 0.496. The van der Waals surface area contributed by atoms with Gasteiger partial charge in [0.05, 0.1) is 12.6 Å². The highest BCUT2D eigenvalue weighted by molar-refractivity contribution is 6.33. The van der Waals surface area contributed by atoms with Crippen molar-refractivity contribution < 1.29 is 5.11 Å². The van der Waals surface area contributed by atoms with Crippen LogP contribution in [-0.4, -0.2) is 31.8 Å². The Morgan fingerprint density at radius 2 is 1.71 bits per heavy atom. The average Bonchev–Trinajstić information content (AvgIpc) is 2.83. The van der Waals surface area contributed by atoms with Gasteiger partial charge in [0.2, 0.25) is 5.95 Å². The first-order chi connectivity index (χ1) is 16.1. The predicted octanol–water partition coefficient (Wildman–Crippen LogP) is 5.30. The van der Waals surface area contributed by atoms with Crippen LogP contribution in [0.15, 0.2) is 71.7 Å². The first-order valence-corrected chi connectivity index (χ1v) is 11.6. The minimum atomic E-state index is -0.222. The van der Waals surface area contributed by atoms with E-state index in [2.05, 4.69) is 10.3 Å². The number of aromatic nitrogens is 3. The zero-order chi connectivity index (χ0) is 22.8. The molecule has 2 heterocycles. The van der Waals surface area contributed by atoms with Crippen LogP contribution in [0.1, 0.15) is 31.2 Å². The van der Waals surface area contributed by atoms with E-state index in [1.165, 1.54) is 0 Å². The Morgan fingerprint density at radius 1 is 1.00 bits per heavy atom. The van der Waals surface area contributed by atoms with Crippen LogP contribution in [0, 0.1) is 0 Å². The number of fused-ring (bicyclic) bond motifs is 1. The van der Waals surface area contributed by atoms with Gasteiger partial charge in [0.15, 0.2) is 0 Å². The van der Waals surface area contributed by atoms with E-state index < -0.39 is 0 Å². The van der Waals surface area contributed by atoms with Crippen LogP contribution in [0.2, 0.25) is 5.02 Å². The molecule has 1 aliphatic carbocycles. The molecule has 2 aromatic heterocycles. The van der Waals surface area contributed by atoms with Crippen LogP contribution < -0.4 is 10.9 Å². The number of nitrogens with zero attached hydrogens (tertiary/aromatic N) is 3. The van der Waals surface area contributed by atoms with Crippen molar-refractivity contribution in [2.75, 3.05) is 5.32 Å². The molecule has 2 aromatic carbocycles. The van der Waals surface area contributed by atoms with Gasteiger partial charge in [-0.25, -0.2) is 4.98 Å². The second kappa shape index (κ2) is 10.6. The summed E-state index contributed by atoms with van der Waals surface area (Å²) in [6.07, 6.45) is 4.80. The maximum atomic E-state index is 13.7. The molecule has 0 saturated heterocycles. The summed E-state index contributed by atoms with van der Waals surface area (Å²) in [6.45, 7) is 0.389. The molecule has 1 fully saturated rings. The zero-order valence-electron chi connectivity index (χ0n) is 18.5. The molecule has 1 saturated carbocycles. The number of rotatable bonds is 5. The molecule has 0 unspecified atom stereocenters. The third-order valence-corrected chi connectivity index (χ3v) is 6.53. The summed E-state index contributed by atoms with van der Waals surface area (Å²) in [5, 5.41) is 14.5. The van der Waals surface area contributed by atoms with Gasteiger partial charge in [-0.1, -0.05) is 60.1 Å². The molecular weight excluding hydrogens is 471 g/mol. The first kappa shape index (κ1) is 24.2. The Balaban J connectivity index is 0.00000274. The Morgan fingerprint density at radius 3 is 2.44 bits per heavy atom. The maximum Gasteiger partial charge on any atom is 0.260 e. The van der Waals surface area contributed by atoms with Crippen LogP contribution in [0.5, 0.6) is 0 Å². The van der Waals surface area contributed by atoms with E-state index in [1.807, 2.05) is 54.6 Å². The lowest BCUT2D eigenvalue weighted by Gasteiger charge is -2.26. The van der Waals surface area contributed by atoms with E-state index in [4.69, 9.17) is 16.6 Å². The van der Waals surface area contributed by atoms with Gasteiger partial charge >= 0.3 is 0 Å².